The largest absolute Gasteiger partial charge is 0.486 e. The zero-order valence-corrected chi connectivity index (χ0v) is 10.7. The third-order valence-corrected chi connectivity index (χ3v) is 3.64. The molecule has 1 N–H and O–H groups in total. The van der Waals surface area contributed by atoms with Crippen LogP contribution in [0.25, 0.3) is 0 Å². The summed E-state index contributed by atoms with van der Waals surface area (Å²) < 4.78 is 10.9. The van der Waals surface area contributed by atoms with Crippen molar-refractivity contribution in [2.24, 2.45) is 0 Å². The molecular formula is C14H17NO4. The van der Waals surface area contributed by atoms with Gasteiger partial charge in [0.05, 0.1) is 12.6 Å². The second kappa shape index (κ2) is 5.09. The Bertz CT molecular complexity index is 488. The minimum Gasteiger partial charge on any atom is -0.486 e. The van der Waals surface area contributed by atoms with Gasteiger partial charge in [-0.2, -0.15) is 0 Å². The third kappa shape index (κ3) is 2.26. The summed E-state index contributed by atoms with van der Waals surface area (Å²) in [5, 5.41) is 9.29. The van der Waals surface area contributed by atoms with E-state index in [1.807, 2.05) is 0 Å². The Morgan fingerprint density at radius 2 is 2.11 bits per heavy atom. The van der Waals surface area contributed by atoms with Crippen LogP contribution < -0.4 is 9.47 Å². The predicted molar refractivity (Wildman–Crippen MR) is 68.6 cm³/mol. The molecule has 2 heterocycles. The van der Waals surface area contributed by atoms with Crippen molar-refractivity contribution < 1.29 is 19.4 Å². The van der Waals surface area contributed by atoms with Gasteiger partial charge in [0.25, 0.3) is 5.91 Å². The van der Waals surface area contributed by atoms with E-state index in [1.165, 1.54) is 0 Å². The molecule has 1 aromatic rings. The molecule has 0 spiro atoms. The van der Waals surface area contributed by atoms with Crippen LogP contribution >= 0.6 is 0 Å². The number of benzene rings is 1. The van der Waals surface area contributed by atoms with Gasteiger partial charge in [0.1, 0.15) is 13.2 Å². The van der Waals surface area contributed by atoms with Gasteiger partial charge < -0.3 is 19.5 Å². The fourth-order valence-corrected chi connectivity index (χ4v) is 2.64. The van der Waals surface area contributed by atoms with Crippen LogP contribution in [0.3, 0.4) is 0 Å². The number of hydrogen-bond acceptors (Lipinski definition) is 4. The van der Waals surface area contributed by atoms with E-state index in [-0.39, 0.29) is 18.6 Å². The van der Waals surface area contributed by atoms with Gasteiger partial charge in [-0.05, 0) is 31.0 Å². The van der Waals surface area contributed by atoms with E-state index < -0.39 is 0 Å². The molecule has 1 amide bonds. The first-order valence-electron chi connectivity index (χ1n) is 6.61. The molecule has 5 heteroatoms. The maximum absolute atomic E-state index is 12.4. The van der Waals surface area contributed by atoms with Crippen molar-refractivity contribution in [2.75, 3.05) is 26.4 Å². The highest BCUT2D eigenvalue weighted by atomic mass is 16.6. The van der Waals surface area contributed by atoms with Crippen LogP contribution in [0.2, 0.25) is 0 Å². The molecule has 1 fully saturated rings. The van der Waals surface area contributed by atoms with Crippen LogP contribution in [0, 0.1) is 0 Å². The molecule has 1 aromatic carbocycles. The van der Waals surface area contributed by atoms with E-state index in [9.17, 15) is 9.90 Å². The topological polar surface area (TPSA) is 59.0 Å². The Morgan fingerprint density at radius 3 is 2.89 bits per heavy atom. The molecule has 2 aliphatic heterocycles. The SMILES string of the molecule is O=C(c1ccc2c(c1)OCCO2)N1CCC[C@@H]1CO. The number of ether oxygens (including phenoxy) is 2. The van der Waals surface area contributed by atoms with Crippen molar-refractivity contribution in [2.45, 2.75) is 18.9 Å². The minimum atomic E-state index is -0.0549. The van der Waals surface area contributed by atoms with Crippen molar-refractivity contribution >= 4 is 5.91 Å². The first kappa shape index (κ1) is 12.3. The van der Waals surface area contributed by atoms with E-state index in [0.29, 0.717) is 36.8 Å². The van der Waals surface area contributed by atoms with Crippen molar-refractivity contribution in [3.63, 3.8) is 0 Å². The number of aliphatic hydroxyl groups is 1. The lowest BCUT2D eigenvalue weighted by molar-refractivity contribution is 0.0676. The molecule has 1 atom stereocenters. The van der Waals surface area contributed by atoms with Crippen LogP contribution in [0.15, 0.2) is 18.2 Å². The average molecular weight is 263 g/mol. The standard InChI is InChI=1S/C14H17NO4/c16-9-11-2-1-5-15(11)14(17)10-3-4-12-13(8-10)19-7-6-18-12/h3-4,8,11,16H,1-2,5-7,9H2/t11-/m1/s1. The minimum absolute atomic E-state index is 0.0241. The summed E-state index contributed by atoms with van der Waals surface area (Å²) >= 11 is 0. The summed E-state index contributed by atoms with van der Waals surface area (Å²) in [4.78, 5) is 14.2. The number of nitrogens with zero attached hydrogens (tertiary/aromatic N) is 1. The van der Waals surface area contributed by atoms with Crippen molar-refractivity contribution in [1.29, 1.82) is 0 Å². The summed E-state index contributed by atoms with van der Waals surface area (Å²) in [6, 6.07) is 5.19. The zero-order valence-electron chi connectivity index (χ0n) is 10.7. The van der Waals surface area contributed by atoms with Gasteiger partial charge in [-0.25, -0.2) is 0 Å². The summed E-state index contributed by atoms with van der Waals surface area (Å²) in [5.74, 6) is 1.26. The fourth-order valence-electron chi connectivity index (χ4n) is 2.64. The van der Waals surface area contributed by atoms with Crippen molar-refractivity contribution in [3.8, 4) is 11.5 Å². The molecule has 0 unspecified atom stereocenters. The van der Waals surface area contributed by atoms with E-state index >= 15 is 0 Å². The molecule has 3 rings (SSSR count). The quantitative estimate of drug-likeness (QED) is 0.866. The molecule has 0 bridgehead atoms. The van der Waals surface area contributed by atoms with Gasteiger partial charge in [0.15, 0.2) is 11.5 Å². The van der Waals surface area contributed by atoms with Gasteiger partial charge in [0, 0.05) is 12.1 Å². The van der Waals surface area contributed by atoms with E-state index in [0.717, 1.165) is 12.8 Å². The Balaban J connectivity index is 1.83. The van der Waals surface area contributed by atoms with Crippen LogP contribution in [0.1, 0.15) is 23.2 Å². The lowest BCUT2D eigenvalue weighted by Gasteiger charge is -2.24. The monoisotopic (exact) mass is 263 g/mol. The number of fused-ring (bicyclic) bond motifs is 1. The van der Waals surface area contributed by atoms with Crippen molar-refractivity contribution in [1.82, 2.24) is 4.90 Å². The highest BCUT2D eigenvalue weighted by Crippen LogP contribution is 2.31. The molecule has 1 saturated heterocycles. The predicted octanol–water partition coefficient (Wildman–Crippen LogP) is 1.05. The Hall–Kier alpha value is -1.75. The summed E-state index contributed by atoms with van der Waals surface area (Å²) in [5.41, 5.74) is 0.588. The second-order valence-electron chi connectivity index (χ2n) is 4.84. The fraction of sp³-hybridized carbons (Fsp3) is 0.500. The molecule has 2 aliphatic rings. The highest BCUT2D eigenvalue weighted by molar-refractivity contribution is 5.95. The molecule has 5 nitrogen and oxygen atoms in total. The number of aliphatic hydroxyl groups excluding tert-OH is 1. The smallest absolute Gasteiger partial charge is 0.254 e. The summed E-state index contributed by atoms with van der Waals surface area (Å²) in [7, 11) is 0. The molecule has 0 saturated carbocycles. The summed E-state index contributed by atoms with van der Waals surface area (Å²) in [6.45, 7) is 1.78. The van der Waals surface area contributed by atoms with E-state index in [2.05, 4.69) is 0 Å². The van der Waals surface area contributed by atoms with E-state index in [4.69, 9.17) is 9.47 Å². The van der Waals surface area contributed by atoms with Gasteiger partial charge >= 0.3 is 0 Å². The molecular weight excluding hydrogens is 246 g/mol. The number of carbonyl (C=O) groups excluding carboxylic acids is 1. The summed E-state index contributed by atoms with van der Waals surface area (Å²) in [6.07, 6.45) is 1.81. The molecule has 0 aliphatic carbocycles. The van der Waals surface area contributed by atoms with Crippen molar-refractivity contribution in [3.05, 3.63) is 23.8 Å². The maximum Gasteiger partial charge on any atom is 0.254 e. The first-order valence-corrected chi connectivity index (χ1v) is 6.61. The highest BCUT2D eigenvalue weighted by Gasteiger charge is 2.29. The van der Waals surface area contributed by atoms with Gasteiger partial charge in [-0.1, -0.05) is 0 Å². The van der Waals surface area contributed by atoms with Gasteiger partial charge in [-0.15, -0.1) is 0 Å². The van der Waals surface area contributed by atoms with Crippen LogP contribution in [0.4, 0.5) is 0 Å². The number of rotatable bonds is 2. The Labute approximate surface area is 111 Å². The maximum atomic E-state index is 12.4. The molecule has 0 aromatic heterocycles. The number of carbonyl (C=O) groups is 1. The Morgan fingerprint density at radius 1 is 1.32 bits per heavy atom. The van der Waals surface area contributed by atoms with Crippen LogP contribution in [-0.2, 0) is 0 Å². The lowest BCUT2D eigenvalue weighted by Crippen LogP contribution is -2.37. The molecule has 19 heavy (non-hydrogen) atoms. The first-order chi connectivity index (χ1) is 9.29. The molecule has 0 radical (unpaired) electrons. The van der Waals surface area contributed by atoms with Gasteiger partial charge in [-0.3, -0.25) is 4.79 Å². The van der Waals surface area contributed by atoms with Crippen LogP contribution in [0.5, 0.6) is 11.5 Å². The number of likely N-dealkylation sites (tertiary alicyclic amines) is 1. The molecule has 102 valence electrons. The third-order valence-electron chi connectivity index (χ3n) is 3.64. The van der Waals surface area contributed by atoms with Gasteiger partial charge in [0.2, 0.25) is 0 Å². The van der Waals surface area contributed by atoms with E-state index in [1.54, 1.807) is 23.1 Å². The number of amides is 1. The lowest BCUT2D eigenvalue weighted by atomic mass is 10.1. The Kier molecular flexibility index (Phi) is 3.29. The zero-order chi connectivity index (χ0) is 13.2. The van der Waals surface area contributed by atoms with Crippen LogP contribution in [-0.4, -0.2) is 48.3 Å². The second-order valence-corrected chi connectivity index (χ2v) is 4.84. The number of hydrogen-bond donors (Lipinski definition) is 1. The average Bonchev–Trinajstić information content (AvgIpc) is 2.94. The normalized spacial score (nSPS) is 21.5.